The van der Waals surface area contributed by atoms with Gasteiger partial charge in [-0.3, -0.25) is 0 Å². The minimum absolute atomic E-state index is 0.136. The van der Waals surface area contributed by atoms with E-state index in [1.165, 1.54) is 6.92 Å². The number of rotatable bonds is 2. The number of aliphatic hydroxyl groups excluding tert-OH is 1. The average molecular weight is 203 g/mol. The SMILES string of the molecule is C[C@@](N)(CO)c1cc(O)c(F)c(F)c1. The topological polar surface area (TPSA) is 66.5 Å². The van der Waals surface area contributed by atoms with Crippen LogP contribution in [0.3, 0.4) is 0 Å². The fourth-order valence-electron chi connectivity index (χ4n) is 0.996. The molecule has 0 aromatic heterocycles. The number of aliphatic hydroxyl groups is 1. The molecule has 0 saturated heterocycles. The molecule has 0 bridgehead atoms. The van der Waals surface area contributed by atoms with Crippen molar-refractivity contribution in [1.82, 2.24) is 0 Å². The first kappa shape index (κ1) is 10.9. The predicted octanol–water partition coefficient (Wildman–Crippen LogP) is 0.837. The maximum Gasteiger partial charge on any atom is 0.200 e. The van der Waals surface area contributed by atoms with Crippen LogP contribution in [0, 0.1) is 11.6 Å². The summed E-state index contributed by atoms with van der Waals surface area (Å²) >= 11 is 0. The van der Waals surface area contributed by atoms with E-state index in [1.807, 2.05) is 0 Å². The molecule has 1 rings (SSSR count). The van der Waals surface area contributed by atoms with E-state index in [-0.39, 0.29) is 5.56 Å². The van der Waals surface area contributed by atoms with Crippen molar-refractivity contribution in [2.24, 2.45) is 5.73 Å². The van der Waals surface area contributed by atoms with Crippen LogP contribution in [0.1, 0.15) is 12.5 Å². The Balaban J connectivity index is 3.26. The van der Waals surface area contributed by atoms with Gasteiger partial charge in [-0.2, -0.15) is 4.39 Å². The first-order valence-electron chi connectivity index (χ1n) is 3.96. The monoisotopic (exact) mass is 203 g/mol. The Morgan fingerprint density at radius 2 is 2.00 bits per heavy atom. The van der Waals surface area contributed by atoms with Gasteiger partial charge in [-0.05, 0) is 24.6 Å². The summed E-state index contributed by atoms with van der Waals surface area (Å²) in [6.45, 7) is 1.01. The summed E-state index contributed by atoms with van der Waals surface area (Å²) in [7, 11) is 0. The minimum Gasteiger partial charge on any atom is -0.505 e. The maximum atomic E-state index is 12.8. The van der Waals surface area contributed by atoms with Gasteiger partial charge in [0.05, 0.1) is 12.1 Å². The molecule has 0 saturated carbocycles. The van der Waals surface area contributed by atoms with E-state index in [0.717, 1.165) is 12.1 Å². The van der Waals surface area contributed by atoms with Gasteiger partial charge in [0.2, 0.25) is 0 Å². The lowest BCUT2D eigenvalue weighted by molar-refractivity contribution is 0.209. The predicted molar refractivity (Wildman–Crippen MR) is 46.6 cm³/mol. The second-order valence-corrected chi connectivity index (χ2v) is 3.37. The Kier molecular flexibility index (Phi) is 2.73. The molecule has 5 heteroatoms. The molecule has 1 aromatic carbocycles. The Morgan fingerprint density at radius 1 is 1.43 bits per heavy atom. The highest BCUT2D eigenvalue weighted by Gasteiger charge is 2.23. The van der Waals surface area contributed by atoms with E-state index >= 15 is 0 Å². The lowest BCUT2D eigenvalue weighted by Gasteiger charge is -2.22. The molecule has 0 amide bonds. The number of hydrogen-bond donors (Lipinski definition) is 3. The summed E-state index contributed by atoms with van der Waals surface area (Å²) in [6, 6.07) is 1.85. The molecule has 78 valence electrons. The van der Waals surface area contributed by atoms with Gasteiger partial charge in [-0.25, -0.2) is 4.39 Å². The number of nitrogens with two attached hydrogens (primary N) is 1. The van der Waals surface area contributed by atoms with Crippen LogP contribution in [0.25, 0.3) is 0 Å². The van der Waals surface area contributed by atoms with E-state index in [1.54, 1.807) is 0 Å². The quantitative estimate of drug-likeness (QED) is 0.667. The maximum absolute atomic E-state index is 12.8. The molecule has 0 aliphatic heterocycles. The van der Waals surface area contributed by atoms with Crippen LogP contribution in [0.5, 0.6) is 5.75 Å². The lowest BCUT2D eigenvalue weighted by atomic mass is 9.94. The van der Waals surface area contributed by atoms with Crippen LogP contribution in [-0.2, 0) is 5.54 Å². The average Bonchev–Trinajstić information content (AvgIpc) is 2.13. The summed E-state index contributed by atoms with van der Waals surface area (Å²) in [5, 5.41) is 17.9. The van der Waals surface area contributed by atoms with Gasteiger partial charge in [0.1, 0.15) is 0 Å². The molecular formula is C9H11F2NO2. The third kappa shape index (κ3) is 1.83. The van der Waals surface area contributed by atoms with Crippen molar-refractivity contribution in [1.29, 1.82) is 0 Å². The zero-order chi connectivity index (χ0) is 10.9. The second kappa shape index (κ2) is 3.51. The number of hydrogen-bond acceptors (Lipinski definition) is 3. The standard InChI is InChI=1S/C9H11F2NO2/c1-9(12,4-13)5-2-6(10)8(11)7(14)3-5/h2-3,13-14H,4,12H2,1H3/t9-/m1/s1. The first-order chi connectivity index (χ1) is 6.38. The molecule has 1 atom stereocenters. The highest BCUT2D eigenvalue weighted by Crippen LogP contribution is 2.26. The molecule has 0 unspecified atom stereocenters. The van der Waals surface area contributed by atoms with Crippen molar-refractivity contribution in [3.63, 3.8) is 0 Å². The molecular weight excluding hydrogens is 192 g/mol. The van der Waals surface area contributed by atoms with Gasteiger partial charge >= 0.3 is 0 Å². The largest absolute Gasteiger partial charge is 0.505 e. The van der Waals surface area contributed by atoms with Crippen LogP contribution in [0.15, 0.2) is 12.1 Å². The number of aromatic hydroxyl groups is 1. The van der Waals surface area contributed by atoms with Gasteiger partial charge < -0.3 is 15.9 Å². The fraction of sp³-hybridized carbons (Fsp3) is 0.333. The summed E-state index contributed by atoms with van der Waals surface area (Å²) in [6.07, 6.45) is 0. The number of halogens is 2. The van der Waals surface area contributed by atoms with E-state index in [9.17, 15) is 8.78 Å². The molecule has 3 nitrogen and oxygen atoms in total. The van der Waals surface area contributed by atoms with Gasteiger partial charge in [0.15, 0.2) is 17.4 Å². The Morgan fingerprint density at radius 3 is 2.43 bits per heavy atom. The molecule has 4 N–H and O–H groups in total. The molecule has 0 aliphatic carbocycles. The van der Waals surface area contributed by atoms with Gasteiger partial charge in [-0.15, -0.1) is 0 Å². The smallest absolute Gasteiger partial charge is 0.200 e. The van der Waals surface area contributed by atoms with Gasteiger partial charge in [-0.1, -0.05) is 0 Å². The van der Waals surface area contributed by atoms with Crippen molar-refractivity contribution in [3.8, 4) is 5.75 Å². The number of phenols is 1. The molecule has 0 aliphatic rings. The molecule has 0 spiro atoms. The lowest BCUT2D eigenvalue weighted by Crippen LogP contribution is -2.37. The first-order valence-corrected chi connectivity index (χ1v) is 3.96. The highest BCUT2D eigenvalue weighted by atomic mass is 19.2. The van der Waals surface area contributed by atoms with Crippen molar-refractivity contribution in [2.45, 2.75) is 12.5 Å². The number of phenolic OH excluding ortho intramolecular Hbond substituents is 1. The Bertz CT molecular complexity index is 330. The second-order valence-electron chi connectivity index (χ2n) is 3.37. The van der Waals surface area contributed by atoms with Crippen molar-refractivity contribution in [2.75, 3.05) is 6.61 Å². The molecule has 1 aromatic rings. The van der Waals surface area contributed by atoms with Crippen LogP contribution < -0.4 is 5.73 Å². The fourth-order valence-corrected chi connectivity index (χ4v) is 0.996. The Hall–Kier alpha value is -1.20. The van der Waals surface area contributed by atoms with Crippen LogP contribution in [0.4, 0.5) is 8.78 Å². The van der Waals surface area contributed by atoms with Crippen LogP contribution >= 0.6 is 0 Å². The highest BCUT2D eigenvalue weighted by molar-refractivity contribution is 5.34. The molecule has 0 radical (unpaired) electrons. The Labute approximate surface area is 79.8 Å². The van der Waals surface area contributed by atoms with Gasteiger partial charge in [0, 0.05) is 0 Å². The summed E-state index contributed by atoms with van der Waals surface area (Å²) in [5.41, 5.74) is 4.51. The summed E-state index contributed by atoms with van der Waals surface area (Å²) in [4.78, 5) is 0. The molecule has 0 heterocycles. The van der Waals surface area contributed by atoms with Crippen LogP contribution in [0.2, 0.25) is 0 Å². The third-order valence-corrected chi connectivity index (χ3v) is 2.00. The molecule has 14 heavy (non-hydrogen) atoms. The summed E-state index contributed by atoms with van der Waals surface area (Å²) < 4.78 is 25.5. The van der Waals surface area contributed by atoms with Crippen molar-refractivity contribution < 1.29 is 19.0 Å². The van der Waals surface area contributed by atoms with E-state index in [0.29, 0.717) is 0 Å². The van der Waals surface area contributed by atoms with E-state index < -0.39 is 29.5 Å². The van der Waals surface area contributed by atoms with Crippen molar-refractivity contribution in [3.05, 3.63) is 29.3 Å². The van der Waals surface area contributed by atoms with Gasteiger partial charge in [0.25, 0.3) is 0 Å². The summed E-state index contributed by atoms with van der Waals surface area (Å²) in [5.74, 6) is -3.32. The zero-order valence-corrected chi connectivity index (χ0v) is 7.59. The van der Waals surface area contributed by atoms with E-state index in [4.69, 9.17) is 15.9 Å². The van der Waals surface area contributed by atoms with E-state index in [2.05, 4.69) is 0 Å². The van der Waals surface area contributed by atoms with Crippen molar-refractivity contribution >= 4 is 0 Å². The van der Waals surface area contributed by atoms with Crippen LogP contribution in [-0.4, -0.2) is 16.8 Å². The third-order valence-electron chi connectivity index (χ3n) is 2.00. The minimum atomic E-state index is -1.32. The zero-order valence-electron chi connectivity index (χ0n) is 7.59. The molecule has 0 fully saturated rings. The number of benzene rings is 1. The normalized spacial score (nSPS) is 15.2.